The SMILES string of the molecule is CC(=O)Nc1ccc(C(=O)COC(=O)c2oc3ccccc3c2C)cc1. The van der Waals surface area contributed by atoms with Gasteiger partial charge in [0.1, 0.15) is 5.58 Å². The number of esters is 1. The molecule has 6 heteroatoms. The molecule has 0 bridgehead atoms. The van der Waals surface area contributed by atoms with Crippen molar-refractivity contribution < 1.29 is 23.5 Å². The number of amides is 1. The van der Waals surface area contributed by atoms with Gasteiger partial charge in [-0.25, -0.2) is 4.79 Å². The van der Waals surface area contributed by atoms with Gasteiger partial charge >= 0.3 is 5.97 Å². The standard InChI is InChI=1S/C20H17NO5/c1-12-16-5-3-4-6-18(16)26-19(12)20(24)25-11-17(23)14-7-9-15(10-8-14)21-13(2)22/h3-10H,11H2,1-2H3,(H,21,22). The number of aryl methyl sites for hydroxylation is 1. The minimum Gasteiger partial charge on any atom is -0.451 e. The summed E-state index contributed by atoms with van der Waals surface area (Å²) in [4.78, 5) is 35.4. The van der Waals surface area contributed by atoms with Crippen LogP contribution in [-0.2, 0) is 9.53 Å². The van der Waals surface area contributed by atoms with Crippen LogP contribution in [0.3, 0.4) is 0 Å². The van der Waals surface area contributed by atoms with Gasteiger partial charge < -0.3 is 14.5 Å². The fourth-order valence-electron chi connectivity index (χ4n) is 2.59. The lowest BCUT2D eigenvalue weighted by molar-refractivity contribution is -0.114. The van der Waals surface area contributed by atoms with Gasteiger partial charge in [0.2, 0.25) is 11.7 Å². The molecule has 2 aromatic carbocycles. The second-order valence-electron chi connectivity index (χ2n) is 5.81. The lowest BCUT2D eigenvalue weighted by atomic mass is 10.1. The minimum absolute atomic E-state index is 0.0972. The highest BCUT2D eigenvalue weighted by atomic mass is 16.5. The number of hydrogen-bond donors (Lipinski definition) is 1. The summed E-state index contributed by atoms with van der Waals surface area (Å²) in [6, 6.07) is 13.6. The van der Waals surface area contributed by atoms with Gasteiger partial charge in [-0.1, -0.05) is 18.2 Å². The van der Waals surface area contributed by atoms with Crippen molar-refractivity contribution >= 4 is 34.3 Å². The molecule has 0 spiro atoms. The first-order valence-electron chi connectivity index (χ1n) is 8.02. The van der Waals surface area contributed by atoms with E-state index in [9.17, 15) is 14.4 Å². The predicted octanol–water partition coefficient (Wildman–Crippen LogP) is 3.74. The summed E-state index contributed by atoms with van der Waals surface area (Å²) in [5, 5.41) is 3.45. The lowest BCUT2D eigenvalue weighted by Gasteiger charge is -2.05. The van der Waals surface area contributed by atoms with Gasteiger partial charge in [-0.15, -0.1) is 0 Å². The molecule has 1 N–H and O–H groups in total. The molecule has 3 aromatic rings. The third kappa shape index (κ3) is 3.64. The third-order valence-electron chi connectivity index (χ3n) is 3.89. The van der Waals surface area contributed by atoms with Crippen molar-refractivity contribution in [2.45, 2.75) is 13.8 Å². The van der Waals surface area contributed by atoms with Crippen molar-refractivity contribution in [2.75, 3.05) is 11.9 Å². The predicted molar refractivity (Wildman–Crippen MR) is 96.3 cm³/mol. The molecular formula is C20H17NO5. The van der Waals surface area contributed by atoms with E-state index in [-0.39, 0.29) is 17.5 Å². The van der Waals surface area contributed by atoms with E-state index in [1.54, 1.807) is 37.3 Å². The van der Waals surface area contributed by atoms with Crippen molar-refractivity contribution in [1.82, 2.24) is 0 Å². The van der Waals surface area contributed by atoms with Gasteiger partial charge in [-0.2, -0.15) is 0 Å². The highest BCUT2D eigenvalue weighted by Gasteiger charge is 2.20. The molecule has 3 rings (SSSR count). The Morgan fingerprint density at radius 3 is 2.38 bits per heavy atom. The lowest BCUT2D eigenvalue weighted by Crippen LogP contribution is -2.14. The maximum Gasteiger partial charge on any atom is 0.375 e. The maximum absolute atomic E-state index is 12.2. The third-order valence-corrected chi connectivity index (χ3v) is 3.89. The smallest absolute Gasteiger partial charge is 0.375 e. The first-order valence-corrected chi connectivity index (χ1v) is 8.02. The number of ether oxygens (including phenoxy) is 1. The fourth-order valence-corrected chi connectivity index (χ4v) is 2.59. The van der Waals surface area contributed by atoms with E-state index in [2.05, 4.69) is 5.32 Å². The van der Waals surface area contributed by atoms with Gasteiger partial charge in [-0.05, 0) is 37.3 Å². The zero-order valence-electron chi connectivity index (χ0n) is 14.4. The van der Waals surface area contributed by atoms with Crippen molar-refractivity contribution in [3.05, 3.63) is 65.4 Å². The van der Waals surface area contributed by atoms with Crippen molar-refractivity contribution in [3.8, 4) is 0 Å². The Hall–Kier alpha value is -3.41. The second-order valence-corrected chi connectivity index (χ2v) is 5.81. The number of para-hydroxylation sites is 1. The van der Waals surface area contributed by atoms with Crippen LogP contribution in [-0.4, -0.2) is 24.3 Å². The monoisotopic (exact) mass is 351 g/mol. The Labute approximate surface area is 149 Å². The van der Waals surface area contributed by atoms with Gasteiger partial charge in [-0.3, -0.25) is 9.59 Å². The summed E-state index contributed by atoms with van der Waals surface area (Å²) < 4.78 is 10.6. The van der Waals surface area contributed by atoms with Crippen LogP contribution in [0.2, 0.25) is 0 Å². The highest BCUT2D eigenvalue weighted by molar-refractivity contribution is 6.01. The van der Waals surface area contributed by atoms with Crippen LogP contribution in [0.25, 0.3) is 11.0 Å². The molecule has 0 aliphatic rings. The summed E-state index contributed by atoms with van der Waals surface area (Å²) in [7, 11) is 0. The van der Waals surface area contributed by atoms with Crippen molar-refractivity contribution in [1.29, 1.82) is 0 Å². The number of Topliss-reactive ketones (excluding diaryl/α,β-unsaturated/α-hetero) is 1. The van der Waals surface area contributed by atoms with Crippen LogP contribution in [0.15, 0.2) is 52.9 Å². The Morgan fingerprint density at radius 2 is 1.73 bits per heavy atom. The Kier molecular flexibility index (Phi) is 4.84. The quantitative estimate of drug-likeness (QED) is 0.559. The molecule has 0 unspecified atom stereocenters. The number of hydrogen-bond acceptors (Lipinski definition) is 5. The molecule has 1 amide bonds. The van der Waals surface area contributed by atoms with Crippen LogP contribution in [0.5, 0.6) is 0 Å². The molecular weight excluding hydrogens is 334 g/mol. The number of carbonyl (C=O) groups excluding carboxylic acids is 3. The van der Waals surface area contributed by atoms with E-state index < -0.39 is 12.6 Å². The zero-order valence-corrected chi connectivity index (χ0v) is 14.4. The topological polar surface area (TPSA) is 85.6 Å². The normalized spacial score (nSPS) is 10.5. The Morgan fingerprint density at radius 1 is 1.04 bits per heavy atom. The summed E-state index contributed by atoms with van der Waals surface area (Å²) >= 11 is 0. The molecule has 1 aromatic heterocycles. The number of fused-ring (bicyclic) bond motifs is 1. The van der Waals surface area contributed by atoms with E-state index in [0.717, 1.165) is 5.39 Å². The van der Waals surface area contributed by atoms with Crippen molar-refractivity contribution in [3.63, 3.8) is 0 Å². The Bertz CT molecular complexity index is 985. The first-order chi connectivity index (χ1) is 12.5. The average molecular weight is 351 g/mol. The molecule has 0 saturated heterocycles. The van der Waals surface area contributed by atoms with Crippen LogP contribution in [0.4, 0.5) is 5.69 Å². The molecule has 0 aliphatic carbocycles. The second kappa shape index (κ2) is 7.23. The highest BCUT2D eigenvalue weighted by Crippen LogP contribution is 2.25. The number of anilines is 1. The largest absolute Gasteiger partial charge is 0.451 e. The number of rotatable bonds is 5. The summed E-state index contributed by atoms with van der Waals surface area (Å²) in [6.45, 7) is 2.78. The number of nitrogens with one attached hydrogen (secondary N) is 1. The fraction of sp³-hybridized carbons (Fsp3) is 0.150. The molecule has 0 saturated carbocycles. The zero-order chi connectivity index (χ0) is 18.7. The van der Waals surface area contributed by atoms with Crippen LogP contribution >= 0.6 is 0 Å². The van der Waals surface area contributed by atoms with E-state index in [4.69, 9.17) is 9.15 Å². The molecule has 26 heavy (non-hydrogen) atoms. The minimum atomic E-state index is -0.679. The van der Waals surface area contributed by atoms with E-state index in [1.165, 1.54) is 6.92 Å². The summed E-state index contributed by atoms with van der Waals surface area (Å²) in [5.41, 5.74) is 2.24. The molecule has 132 valence electrons. The number of carbonyl (C=O) groups is 3. The van der Waals surface area contributed by atoms with Crippen LogP contribution < -0.4 is 5.32 Å². The number of benzene rings is 2. The van der Waals surface area contributed by atoms with Crippen molar-refractivity contribution in [2.24, 2.45) is 0 Å². The maximum atomic E-state index is 12.2. The van der Waals surface area contributed by atoms with Gasteiger partial charge in [0.25, 0.3) is 0 Å². The number of furan rings is 1. The molecule has 0 fully saturated rings. The molecule has 0 atom stereocenters. The Balaban J connectivity index is 1.66. The molecule has 0 radical (unpaired) electrons. The molecule has 6 nitrogen and oxygen atoms in total. The van der Waals surface area contributed by atoms with E-state index in [0.29, 0.717) is 22.4 Å². The summed E-state index contributed by atoms with van der Waals surface area (Å²) in [5.74, 6) is -1.12. The molecule has 1 heterocycles. The van der Waals surface area contributed by atoms with Gasteiger partial charge in [0.15, 0.2) is 12.4 Å². The van der Waals surface area contributed by atoms with E-state index in [1.807, 2.05) is 18.2 Å². The average Bonchev–Trinajstić information content (AvgIpc) is 2.97. The van der Waals surface area contributed by atoms with Gasteiger partial charge in [0.05, 0.1) is 0 Å². The van der Waals surface area contributed by atoms with Crippen LogP contribution in [0, 0.1) is 6.92 Å². The number of ketones is 1. The first kappa shape index (κ1) is 17.4. The van der Waals surface area contributed by atoms with E-state index >= 15 is 0 Å². The summed E-state index contributed by atoms with van der Waals surface area (Å²) in [6.07, 6.45) is 0. The van der Waals surface area contributed by atoms with Crippen LogP contribution in [0.1, 0.15) is 33.4 Å². The van der Waals surface area contributed by atoms with Gasteiger partial charge in [0, 0.05) is 29.1 Å². The molecule has 0 aliphatic heterocycles.